The highest BCUT2D eigenvalue weighted by Crippen LogP contribution is 2.23. The quantitative estimate of drug-likeness (QED) is 0.734. The third-order valence-corrected chi connectivity index (χ3v) is 2.25. The summed E-state index contributed by atoms with van der Waals surface area (Å²) in [5.41, 5.74) is 0.429. The number of rotatable bonds is 6. The van der Waals surface area contributed by atoms with Crippen LogP contribution in [0.2, 0.25) is 0 Å². The molecule has 0 radical (unpaired) electrons. The molecule has 0 atom stereocenters. The number of amides is 3. The summed E-state index contributed by atoms with van der Waals surface area (Å²) in [6.07, 6.45) is -0.579. The Morgan fingerprint density at radius 3 is 2.55 bits per heavy atom. The number of nitrogens with one attached hydrogen (secondary N) is 2. The number of carbonyl (C=O) groups is 3. The van der Waals surface area contributed by atoms with Crippen molar-refractivity contribution in [3.8, 4) is 5.75 Å². The van der Waals surface area contributed by atoms with Gasteiger partial charge in [0.1, 0.15) is 5.75 Å². The maximum absolute atomic E-state index is 11.6. The van der Waals surface area contributed by atoms with Gasteiger partial charge in [0.15, 0.2) is 0 Å². The number of ether oxygens (including phenoxy) is 1. The minimum absolute atomic E-state index is 0.254. The van der Waals surface area contributed by atoms with Crippen LogP contribution in [0.4, 0.5) is 10.5 Å². The van der Waals surface area contributed by atoms with Crippen LogP contribution in [0.15, 0.2) is 24.3 Å². The molecule has 7 heteroatoms. The van der Waals surface area contributed by atoms with E-state index in [2.05, 4.69) is 5.32 Å². The highest BCUT2D eigenvalue weighted by Gasteiger charge is 2.11. The minimum atomic E-state index is -1.10. The van der Waals surface area contributed by atoms with Crippen molar-refractivity contribution in [1.82, 2.24) is 5.32 Å². The number of carboxylic acid groups (broad SMARTS) is 1. The molecule has 0 saturated carbocycles. The van der Waals surface area contributed by atoms with Crippen LogP contribution >= 0.6 is 0 Å². The Bertz CT molecular complexity index is 501. The number of aliphatic carboxylic acids is 1. The van der Waals surface area contributed by atoms with E-state index >= 15 is 0 Å². The SMILES string of the molecule is CCOc1ccccc1NC(=O)NC(=O)CCC(=O)O. The Labute approximate surface area is 115 Å². The van der Waals surface area contributed by atoms with Gasteiger partial charge in [-0.05, 0) is 19.1 Å². The lowest BCUT2D eigenvalue weighted by Gasteiger charge is -2.11. The van der Waals surface area contributed by atoms with E-state index in [1.807, 2.05) is 12.2 Å². The summed E-state index contributed by atoms with van der Waals surface area (Å²) in [5.74, 6) is -1.26. The molecule has 0 aromatic heterocycles. The molecule has 0 bridgehead atoms. The average Bonchev–Trinajstić information content (AvgIpc) is 2.39. The first-order valence-corrected chi connectivity index (χ1v) is 6.07. The van der Waals surface area contributed by atoms with Crippen LogP contribution in [-0.4, -0.2) is 29.6 Å². The zero-order chi connectivity index (χ0) is 15.0. The second-order valence-corrected chi connectivity index (χ2v) is 3.83. The molecule has 0 aliphatic carbocycles. The van der Waals surface area contributed by atoms with Crippen molar-refractivity contribution < 1.29 is 24.2 Å². The highest BCUT2D eigenvalue weighted by molar-refractivity contribution is 6.02. The standard InChI is InChI=1S/C13H16N2O5/c1-2-20-10-6-4-3-5-9(10)14-13(19)15-11(16)7-8-12(17)18/h3-6H,2,7-8H2,1H3,(H,17,18)(H2,14,15,16,19). The van der Waals surface area contributed by atoms with Gasteiger partial charge in [0, 0.05) is 6.42 Å². The fourth-order valence-electron chi connectivity index (χ4n) is 1.41. The number of anilines is 1. The van der Waals surface area contributed by atoms with Gasteiger partial charge in [0.2, 0.25) is 5.91 Å². The van der Waals surface area contributed by atoms with Crippen molar-refractivity contribution in [2.75, 3.05) is 11.9 Å². The second kappa shape index (κ2) is 7.78. The van der Waals surface area contributed by atoms with Crippen LogP contribution in [0, 0.1) is 0 Å². The zero-order valence-electron chi connectivity index (χ0n) is 11.0. The molecule has 108 valence electrons. The van der Waals surface area contributed by atoms with Gasteiger partial charge in [0.05, 0.1) is 18.7 Å². The molecule has 1 aromatic rings. The Kier molecular flexibility index (Phi) is 6.02. The van der Waals surface area contributed by atoms with E-state index in [0.717, 1.165) is 0 Å². The Balaban J connectivity index is 2.54. The van der Waals surface area contributed by atoms with Gasteiger partial charge >= 0.3 is 12.0 Å². The monoisotopic (exact) mass is 280 g/mol. The summed E-state index contributed by atoms with van der Waals surface area (Å²) < 4.78 is 5.32. The molecule has 0 saturated heterocycles. The number of benzene rings is 1. The summed E-state index contributed by atoms with van der Waals surface area (Å²) in [7, 11) is 0. The Morgan fingerprint density at radius 2 is 1.90 bits per heavy atom. The van der Waals surface area contributed by atoms with Crippen LogP contribution in [0.1, 0.15) is 19.8 Å². The molecule has 0 unspecified atom stereocenters. The number of carbonyl (C=O) groups excluding carboxylic acids is 2. The van der Waals surface area contributed by atoms with Crippen LogP contribution < -0.4 is 15.4 Å². The summed E-state index contributed by atoms with van der Waals surface area (Å²) >= 11 is 0. The van der Waals surface area contributed by atoms with Crippen molar-refractivity contribution in [3.05, 3.63) is 24.3 Å². The van der Waals surface area contributed by atoms with Crippen molar-refractivity contribution in [2.45, 2.75) is 19.8 Å². The van der Waals surface area contributed by atoms with Gasteiger partial charge in [-0.25, -0.2) is 4.79 Å². The molecule has 1 rings (SSSR count). The number of hydrogen-bond acceptors (Lipinski definition) is 4. The summed E-state index contributed by atoms with van der Waals surface area (Å²) in [6, 6.07) is 6.06. The number of para-hydroxylation sites is 2. The first-order valence-electron chi connectivity index (χ1n) is 6.07. The number of imide groups is 1. The van der Waals surface area contributed by atoms with Crippen molar-refractivity contribution in [2.24, 2.45) is 0 Å². The average molecular weight is 280 g/mol. The number of hydrogen-bond donors (Lipinski definition) is 3. The number of urea groups is 1. The topological polar surface area (TPSA) is 105 Å². The summed E-state index contributed by atoms with van der Waals surface area (Å²) in [6.45, 7) is 2.25. The predicted molar refractivity (Wildman–Crippen MR) is 71.6 cm³/mol. The highest BCUT2D eigenvalue weighted by atomic mass is 16.5. The van der Waals surface area contributed by atoms with Gasteiger partial charge in [0.25, 0.3) is 0 Å². The molecule has 20 heavy (non-hydrogen) atoms. The van der Waals surface area contributed by atoms with Gasteiger partial charge in [-0.3, -0.25) is 14.9 Å². The molecule has 3 N–H and O–H groups in total. The maximum Gasteiger partial charge on any atom is 0.325 e. The lowest BCUT2D eigenvalue weighted by molar-refractivity contribution is -0.138. The van der Waals surface area contributed by atoms with E-state index < -0.39 is 17.9 Å². The zero-order valence-corrected chi connectivity index (χ0v) is 11.0. The second-order valence-electron chi connectivity index (χ2n) is 3.83. The van der Waals surface area contributed by atoms with Gasteiger partial charge in [-0.15, -0.1) is 0 Å². The van der Waals surface area contributed by atoms with E-state index in [4.69, 9.17) is 9.84 Å². The van der Waals surface area contributed by atoms with E-state index in [1.54, 1.807) is 24.3 Å². The summed E-state index contributed by atoms with van der Waals surface area (Å²) in [5, 5.41) is 12.9. The Morgan fingerprint density at radius 1 is 1.20 bits per heavy atom. The predicted octanol–water partition coefficient (Wildman–Crippen LogP) is 1.60. The van der Waals surface area contributed by atoms with Crippen molar-refractivity contribution in [3.63, 3.8) is 0 Å². The van der Waals surface area contributed by atoms with Crippen molar-refractivity contribution >= 4 is 23.6 Å². The van der Waals surface area contributed by atoms with Crippen LogP contribution in [0.3, 0.4) is 0 Å². The molecule has 0 spiro atoms. The third-order valence-electron chi connectivity index (χ3n) is 2.25. The largest absolute Gasteiger partial charge is 0.492 e. The molecular formula is C13H16N2O5. The fraction of sp³-hybridized carbons (Fsp3) is 0.308. The molecule has 0 aliphatic heterocycles. The first-order chi connectivity index (χ1) is 9.52. The van der Waals surface area contributed by atoms with Crippen LogP contribution in [0.25, 0.3) is 0 Å². The van der Waals surface area contributed by atoms with Crippen molar-refractivity contribution in [1.29, 1.82) is 0 Å². The normalized spacial score (nSPS) is 9.65. The lowest BCUT2D eigenvalue weighted by atomic mass is 10.3. The molecule has 0 aliphatic rings. The van der Waals surface area contributed by atoms with Crippen LogP contribution in [0.5, 0.6) is 5.75 Å². The number of carboxylic acids is 1. The smallest absolute Gasteiger partial charge is 0.325 e. The van der Waals surface area contributed by atoms with E-state index in [0.29, 0.717) is 18.0 Å². The van der Waals surface area contributed by atoms with E-state index in [9.17, 15) is 14.4 Å². The molecule has 0 heterocycles. The van der Waals surface area contributed by atoms with Gasteiger partial charge < -0.3 is 15.2 Å². The van der Waals surface area contributed by atoms with Gasteiger partial charge in [-0.1, -0.05) is 12.1 Å². The summed E-state index contributed by atoms with van der Waals surface area (Å²) in [4.78, 5) is 33.2. The minimum Gasteiger partial charge on any atom is -0.492 e. The third kappa shape index (κ3) is 5.38. The molecule has 1 aromatic carbocycles. The van der Waals surface area contributed by atoms with Gasteiger partial charge in [-0.2, -0.15) is 0 Å². The van der Waals surface area contributed by atoms with E-state index in [-0.39, 0.29) is 12.8 Å². The molecule has 7 nitrogen and oxygen atoms in total. The molecule has 3 amide bonds. The first kappa shape index (κ1) is 15.5. The molecule has 0 fully saturated rings. The van der Waals surface area contributed by atoms with Crippen LogP contribution in [-0.2, 0) is 9.59 Å². The molecular weight excluding hydrogens is 264 g/mol. The fourth-order valence-corrected chi connectivity index (χ4v) is 1.41. The Hall–Kier alpha value is -2.57. The maximum atomic E-state index is 11.6. The van der Waals surface area contributed by atoms with E-state index in [1.165, 1.54) is 0 Å². The lowest BCUT2D eigenvalue weighted by Crippen LogP contribution is -2.34.